The lowest BCUT2D eigenvalue weighted by molar-refractivity contribution is 0.414. The molecule has 3 heteroatoms. The highest BCUT2D eigenvalue weighted by Gasteiger charge is 2.18. The molecule has 2 aromatic rings. The number of methoxy groups -OCH3 is 1. The first-order chi connectivity index (χ1) is 9.40. The van der Waals surface area contributed by atoms with E-state index in [2.05, 4.69) is 38.7 Å². The molecule has 20 heavy (non-hydrogen) atoms. The monoisotopic (exact) mass is 304 g/mol. The van der Waals surface area contributed by atoms with Crippen molar-refractivity contribution in [3.63, 3.8) is 0 Å². The van der Waals surface area contributed by atoms with Crippen molar-refractivity contribution in [1.29, 1.82) is 0 Å². The van der Waals surface area contributed by atoms with Gasteiger partial charge in [-0.2, -0.15) is 0 Å². The summed E-state index contributed by atoms with van der Waals surface area (Å²) in [5, 5.41) is 0. The minimum Gasteiger partial charge on any atom is -0.497 e. The highest BCUT2D eigenvalue weighted by molar-refractivity contribution is 7.16. The molecule has 0 amide bonds. The van der Waals surface area contributed by atoms with Crippen LogP contribution in [0.4, 0.5) is 0 Å². The summed E-state index contributed by atoms with van der Waals surface area (Å²) in [5.41, 5.74) is 1.91. The molecule has 1 aromatic heterocycles. The summed E-state index contributed by atoms with van der Waals surface area (Å²) < 4.78 is 5.94. The molecule has 1 aromatic carbocycles. The molecule has 0 saturated heterocycles. The fourth-order valence-corrected chi connectivity index (χ4v) is 2.91. The summed E-state index contributed by atoms with van der Waals surface area (Å²) in [6.07, 6.45) is 0. The largest absolute Gasteiger partial charge is 0.497 e. The van der Waals surface area contributed by atoms with Crippen molar-refractivity contribution in [3.8, 4) is 17.6 Å². The fraction of sp³-hybridized carbons (Fsp3) is 0.294. The molecule has 0 atom stereocenters. The maximum absolute atomic E-state index is 6.27. The predicted octanol–water partition coefficient (Wildman–Crippen LogP) is 5.11. The van der Waals surface area contributed by atoms with Crippen LogP contribution in [0.3, 0.4) is 0 Å². The van der Waals surface area contributed by atoms with Crippen LogP contribution in [0.2, 0.25) is 4.34 Å². The first-order valence-electron chi connectivity index (χ1n) is 6.36. The Morgan fingerprint density at radius 1 is 1.15 bits per heavy atom. The second kappa shape index (κ2) is 5.91. The van der Waals surface area contributed by atoms with E-state index in [0.29, 0.717) is 0 Å². The van der Waals surface area contributed by atoms with Crippen LogP contribution >= 0.6 is 22.9 Å². The summed E-state index contributed by atoms with van der Waals surface area (Å²) in [6.45, 7) is 6.53. The number of ether oxygens (including phenoxy) is 1. The zero-order valence-corrected chi connectivity index (χ0v) is 13.7. The summed E-state index contributed by atoms with van der Waals surface area (Å²) in [7, 11) is 1.65. The van der Waals surface area contributed by atoms with Crippen LogP contribution in [0.5, 0.6) is 5.75 Å². The van der Waals surface area contributed by atoms with Crippen molar-refractivity contribution in [2.24, 2.45) is 0 Å². The lowest BCUT2D eigenvalue weighted by atomic mass is 9.94. The van der Waals surface area contributed by atoms with Gasteiger partial charge in [-0.25, -0.2) is 0 Å². The van der Waals surface area contributed by atoms with Gasteiger partial charge in [0, 0.05) is 10.4 Å². The Hall–Kier alpha value is -1.43. The summed E-state index contributed by atoms with van der Waals surface area (Å²) in [4.78, 5) is 1.25. The van der Waals surface area contributed by atoms with E-state index in [-0.39, 0.29) is 5.41 Å². The Balaban J connectivity index is 2.31. The Bertz CT molecular complexity index is 668. The van der Waals surface area contributed by atoms with Gasteiger partial charge >= 0.3 is 0 Å². The van der Waals surface area contributed by atoms with E-state index in [4.69, 9.17) is 16.3 Å². The smallest absolute Gasteiger partial charge is 0.120 e. The van der Waals surface area contributed by atoms with Crippen molar-refractivity contribution in [1.82, 2.24) is 0 Å². The van der Waals surface area contributed by atoms with Gasteiger partial charge < -0.3 is 4.74 Å². The first-order valence-corrected chi connectivity index (χ1v) is 7.55. The van der Waals surface area contributed by atoms with Gasteiger partial charge in [0.2, 0.25) is 0 Å². The summed E-state index contributed by atoms with van der Waals surface area (Å²) in [5.74, 6) is 7.09. The molecular formula is C17H17ClOS. The van der Waals surface area contributed by atoms with Gasteiger partial charge in [-0.15, -0.1) is 11.3 Å². The molecule has 104 valence electrons. The molecule has 0 aliphatic rings. The maximum atomic E-state index is 6.27. The number of benzene rings is 1. The lowest BCUT2D eigenvalue weighted by Gasteiger charge is -2.14. The molecule has 2 rings (SSSR count). The minimum absolute atomic E-state index is 0.101. The van der Waals surface area contributed by atoms with Gasteiger partial charge in [0.1, 0.15) is 10.1 Å². The first kappa shape index (κ1) is 15.0. The van der Waals surface area contributed by atoms with Gasteiger partial charge in [-0.1, -0.05) is 50.3 Å². The van der Waals surface area contributed by atoms with Gasteiger partial charge in [0.15, 0.2) is 0 Å². The van der Waals surface area contributed by atoms with Crippen molar-refractivity contribution in [3.05, 3.63) is 50.7 Å². The topological polar surface area (TPSA) is 9.23 Å². The van der Waals surface area contributed by atoms with Crippen LogP contribution in [0.15, 0.2) is 30.3 Å². The minimum atomic E-state index is 0.101. The zero-order chi connectivity index (χ0) is 14.8. The van der Waals surface area contributed by atoms with Crippen LogP contribution in [-0.4, -0.2) is 7.11 Å². The standard InChI is InChI=1S/C17H17ClOS/c1-17(2,3)15-11-13(16(18)20-15)9-8-12-6-5-7-14(10-12)19-4/h5-7,10-11H,1-4H3. The van der Waals surface area contributed by atoms with Crippen molar-refractivity contribution in [2.75, 3.05) is 7.11 Å². The Labute approximate surface area is 129 Å². The molecule has 1 heterocycles. The molecule has 0 aliphatic carbocycles. The van der Waals surface area contributed by atoms with Gasteiger partial charge in [-0.05, 0) is 29.7 Å². The number of rotatable bonds is 1. The number of thiophene rings is 1. The molecule has 0 spiro atoms. The van der Waals surface area contributed by atoms with Gasteiger partial charge in [0.05, 0.1) is 12.7 Å². The molecule has 1 nitrogen and oxygen atoms in total. The van der Waals surface area contributed by atoms with E-state index in [0.717, 1.165) is 21.2 Å². The third-order valence-electron chi connectivity index (χ3n) is 2.84. The number of hydrogen-bond donors (Lipinski definition) is 0. The van der Waals surface area contributed by atoms with E-state index < -0.39 is 0 Å². The van der Waals surface area contributed by atoms with Crippen LogP contribution in [-0.2, 0) is 5.41 Å². The molecular weight excluding hydrogens is 288 g/mol. The maximum Gasteiger partial charge on any atom is 0.120 e. The number of halogens is 1. The Morgan fingerprint density at radius 2 is 1.90 bits per heavy atom. The van der Waals surface area contributed by atoms with E-state index in [9.17, 15) is 0 Å². The normalized spacial score (nSPS) is 10.8. The highest BCUT2D eigenvalue weighted by atomic mass is 35.5. The number of hydrogen-bond acceptors (Lipinski definition) is 2. The van der Waals surface area contributed by atoms with Crippen LogP contribution in [0, 0.1) is 11.8 Å². The molecule has 0 bridgehead atoms. The third kappa shape index (κ3) is 3.56. The Kier molecular flexibility index (Phi) is 4.42. The summed E-state index contributed by atoms with van der Waals surface area (Å²) >= 11 is 7.87. The zero-order valence-electron chi connectivity index (χ0n) is 12.1. The molecule has 0 N–H and O–H groups in total. The third-order valence-corrected chi connectivity index (χ3v) is 4.62. The lowest BCUT2D eigenvalue weighted by Crippen LogP contribution is -2.07. The SMILES string of the molecule is COc1cccc(C#Cc2cc(C(C)(C)C)sc2Cl)c1. The van der Waals surface area contributed by atoms with Crippen LogP contribution in [0.25, 0.3) is 0 Å². The molecule has 0 fully saturated rings. The van der Waals surface area contributed by atoms with E-state index >= 15 is 0 Å². The Morgan fingerprint density at radius 3 is 2.50 bits per heavy atom. The van der Waals surface area contributed by atoms with Crippen LogP contribution in [0.1, 0.15) is 36.8 Å². The summed E-state index contributed by atoms with van der Waals surface area (Å²) in [6, 6.07) is 9.79. The van der Waals surface area contributed by atoms with Crippen molar-refractivity contribution >= 4 is 22.9 Å². The van der Waals surface area contributed by atoms with Crippen molar-refractivity contribution < 1.29 is 4.74 Å². The molecule has 0 radical (unpaired) electrons. The van der Waals surface area contributed by atoms with Crippen LogP contribution < -0.4 is 4.74 Å². The van der Waals surface area contributed by atoms with Gasteiger partial charge in [0.25, 0.3) is 0 Å². The van der Waals surface area contributed by atoms with Crippen molar-refractivity contribution in [2.45, 2.75) is 26.2 Å². The average molecular weight is 305 g/mol. The molecule has 0 saturated carbocycles. The van der Waals surface area contributed by atoms with E-state index in [1.807, 2.05) is 24.3 Å². The quantitative estimate of drug-likeness (QED) is 0.665. The average Bonchev–Trinajstić information content (AvgIpc) is 2.78. The second-order valence-corrected chi connectivity index (χ2v) is 7.18. The van der Waals surface area contributed by atoms with E-state index in [1.165, 1.54) is 4.88 Å². The highest BCUT2D eigenvalue weighted by Crippen LogP contribution is 2.35. The predicted molar refractivity (Wildman–Crippen MR) is 87.0 cm³/mol. The molecule has 0 unspecified atom stereocenters. The fourth-order valence-electron chi connectivity index (χ4n) is 1.66. The molecule has 0 aliphatic heterocycles. The second-order valence-electron chi connectivity index (χ2n) is 5.53. The van der Waals surface area contributed by atoms with E-state index in [1.54, 1.807) is 18.4 Å². The van der Waals surface area contributed by atoms with Gasteiger partial charge in [-0.3, -0.25) is 0 Å².